The van der Waals surface area contributed by atoms with Gasteiger partial charge in [-0.1, -0.05) is 18.1 Å². The molecule has 0 unspecified atom stereocenters. The Kier molecular flexibility index (Phi) is 5.38. The van der Waals surface area contributed by atoms with Gasteiger partial charge in [-0.3, -0.25) is 0 Å². The molecule has 0 saturated carbocycles. The van der Waals surface area contributed by atoms with E-state index in [9.17, 15) is 9.90 Å². The summed E-state index contributed by atoms with van der Waals surface area (Å²) in [4.78, 5) is 24.3. The minimum atomic E-state index is -1.01. The van der Waals surface area contributed by atoms with Gasteiger partial charge in [-0.25, -0.2) is 19.7 Å². The van der Waals surface area contributed by atoms with Crippen molar-refractivity contribution in [2.45, 2.75) is 0 Å². The zero-order chi connectivity index (χ0) is 18.1. The van der Waals surface area contributed by atoms with E-state index in [4.69, 9.17) is 6.42 Å². The summed E-state index contributed by atoms with van der Waals surface area (Å²) in [7, 11) is 0. The molecule has 0 bridgehead atoms. The fourth-order valence-electron chi connectivity index (χ4n) is 2.78. The summed E-state index contributed by atoms with van der Waals surface area (Å²) in [6, 6.07) is 12.2. The molecule has 2 N–H and O–H groups in total. The number of nitrogens with one attached hydrogen (secondary N) is 1. The van der Waals surface area contributed by atoms with Crippen LogP contribution >= 0.6 is 0 Å². The maximum Gasteiger partial charge on any atom is 0.335 e. The van der Waals surface area contributed by atoms with Gasteiger partial charge < -0.3 is 10.4 Å². The van der Waals surface area contributed by atoms with Crippen LogP contribution in [0.1, 0.15) is 15.9 Å². The number of fused-ring (bicyclic) bond motifs is 3. The van der Waals surface area contributed by atoms with E-state index in [1.54, 1.807) is 18.3 Å². The third kappa shape index (κ3) is 3.62. The van der Waals surface area contributed by atoms with Crippen molar-refractivity contribution < 1.29 is 9.90 Å². The van der Waals surface area contributed by atoms with E-state index in [2.05, 4.69) is 26.2 Å². The Labute approximate surface area is 177 Å². The minimum absolute atomic E-state index is 0. The average Bonchev–Trinajstić information content (AvgIpc) is 2.68. The summed E-state index contributed by atoms with van der Waals surface area (Å²) in [6.07, 6.45) is 8.59. The van der Waals surface area contributed by atoms with Crippen LogP contribution in [0.15, 0.2) is 55.0 Å². The fraction of sp³-hybridized carbons (Fsp3) is 0. The van der Waals surface area contributed by atoms with E-state index in [-0.39, 0.29) is 35.1 Å². The molecule has 125 valence electrons. The van der Waals surface area contributed by atoms with Crippen LogP contribution in [0.2, 0.25) is 0 Å². The van der Waals surface area contributed by atoms with Crippen LogP contribution in [0.5, 0.6) is 0 Å². The van der Waals surface area contributed by atoms with Gasteiger partial charge in [0.15, 0.2) is 5.82 Å². The third-order valence-electron chi connectivity index (χ3n) is 4.00. The summed E-state index contributed by atoms with van der Waals surface area (Å²) in [5.74, 6) is 2.09. The Morgan fingerprint density at radius 3 is 2.78 bits per heavy atom. The number of benzene rings is 2. The van der Waals surface area contributed by atoms with E-state index in [1.807, 2.05) is 24.3 Å². The first-order valence-corrected chi connectivity index (χ1v) is 7.76. The number of carboxylic acids is 1. The second-order valence-electron chi connectivity index (χ2n) is 5.63. The van der Waals surface area contributed by atoms with Gasteiger partial charge in [0.25, 0.3) is 0 Å². The Morgan fingerprint density at radius 1 is 1.15 bits per heavy atom. The maximum atomic E-state index is 11.3. The molecule has 1 radical (unpaired) electrons. The quantitative estimate of drug-likeness (QED) is 0.330. The number of aromatic nitrogens is 3. The first-order valence-electron chi connectivity index (χ1n) is 7.76. The maximum absolute atomic E-state index is 11.3. The van der Waals surface area contributed by atoms with Crippen molar-refractivity contribution in [2.75, 3.05) is 5.32 Å². The van der Waals surface area contributed by atoms with Crippen LogP contribution in [0.25, 0.3) is 21.8 Å². The summed E-state index contributed by atoms with van der Waals surface area (Å²) in [6.45, 7) is 0. The number of carboxylic acid groups (broad SMARTS) is 1. The van der Waals surface area contributed by atoms with Gasteiger partial charge in [-0.15, -0.1) is 6.42 Å². The molecule has 4 aromatic rings. The van der Waals surface area contributed by atoms with E-state index < -0.39 is 5.97 Å². The van der Waals surface area contributed by atoms with E-state index >= 15 is 0 Å². The first kappa shape index (κ1) is 18.8. The van der Waals surface area contributed by atoms with Crippen LogP contribution in [-0.2, 0) is 0 Å². The van der Waals surface area contributed by atoms with Crippen molar-refractivity contribution in [3.8, 4) is 12.3 Å². The molecule has 0 spiro atoms. The van der Waals surface area contributed by atoms with Gasteiger partial charge in [-0.2, -0.15) is 0 Å². The number of terminal acetylenes is 1. The molecule has 0 amide bonds. The minimum Gasteiger partial charge on any atom is -0.478 e. The van der Waals surface area contributed by atoms with Crippen LogP contribution in [-0.4, -0.2) is 55.6 Å². The topological polar surface area (TPSA) is 88.0 Å². The zero-order valence-electron chi connectivity index (χ0n) is 14.5. The van der Waals surface area contributed by atoms with Gasteiger partial charge in [0.05, 0.1) is 11.1 Å². The predicted octanol–water partition coefficient (Wildman–Crippen LogP) is 3.22. The van der Waals surface area contributed by atoms with Crippen molar-refractivity contribution in [3.63, 3.8) is 0 Å². The van der Waals surface area contributed by atoms with Gasteiger partial charge >= 0.3 is 5.97 Å². The molecule has 0 aliphatic carbocycles. The van der Waals surface area contributed by atoms with Gasteiger partial charge in [0.2, 0.25) is 0 Å². The Balaban J connectivity index is 0.00000210. The normalized spacial score (nSPS) is 10.2. The van der Waals surface area contributed by atoms with Crippen molar-refractivity contribution in [2.24, 2.45) is 0 Å². The molecular formula is C20H12N4NaO2. The van der Waals surface area contributed by atoms with E-state index in [1.165, 1.54) is 12.4 Å². The number of aromatic carboxylic acids is 1. The monoisotopic (exact) mass is 363 g/mol. The molecule has 2 aromatic heterocycles. The second kappa shape index (κ2) is 7.72. The van der Waals surface area contributed by atoms with Gasteiger partial charge in [0.1, 0.15) is 11.8 Å². The van der Waals surface area contributed by atoms with Crippen molar-refractivity contribution in [1.82, 2.24) is 15.0 Å². The number of pyridine rings is 1. The standard InChI is InChI=1S/C20H12N4O2.Na/c1-2-12-4-3-5-14(8-12)23-19-18-16(10-21-11-22-18)15-7-6-13(20(25)26)9-17(15)24-19;/h1,3-11H,(H,23,24)(H,25,26);. The van der Waals surface area contributed by atoms with E-state index in [0.717, 1.165) is 22.0 Å². The molecule has 27 heavy (non-hydrogen) atoms. The summed E-state index contributed by atoms with van der Waals surface area (Å²) < 4.78 is 0. The molecule has 0 aliphatic rings. The Bertz CT molecular complexity index is 1220. The van der Waals surface area contributed by atoms with Crippen LogP contribution in [0.4, 0.5) is 11.5 Å². The van der Waals surface area contributed by atoms with Crippen LogP contribution < -0.4 is 5.32 Å². The molecule has 0 aliphatic heterocycles. The fourth-order valence-corrected chi connectivity index (χ4v) is 2.78. The van der Waals surface area contributed by atoms with Crippen molar-refractivity contribution in [3.05, 3.63) is 66.1 Å². The Morgan fingerprint density at radius 2 is 2.00 bits per heavy atom. The Hall–Kier alpha value is -2.98. The number of rotatable bonds is 3. The van der Waals surface area contributed by atoms with Crippen molar-refractivity contribution >= 4 is 68.8 Å². The number of anilines is 2. The smallest absolute Gasteiger partial charge is 0.335 e. The number of hydrogen-bond donors (Lipinski definition) is 2. The third-order valence-corrected chi connectivity index (χ3v) is 4.00. The summed E-state index contributed by atoms with van der Waals surface area (Å²) in [5.41, 5.74) is 2.86. The number of hydrogen-bond acceptors (Lipinski definition) is 5. The van der Waals surface area contributed by atoms with Crippen LogP contribution in [0, 0.1) is 12.3 Å². The van der Waals surface area contributed by atoms with Crippen LogP contribution in [0.3, 0.4) is 0 Å². The van der Waals surface area contributed by atoms with E-state index in [0.29, 0.717) is 16.9 Å². The SMILES string of the molecule is C#Cc1cccc(Nc2nc3cc(C(=O)O)ccc3c3cncnc23)c1.[Na]. The number of carbonyl (C=O) groups is 1. The molecule has 0 atom stereocenters. The molecule has 7 heteroatoms. The van der Waals surface area contributed by atoms with Gasteiger partial charge in [-0.05, 0) is 30.3 Å². The summed E-state index contributed by atoms with van der Waals surface area (Å²) >= 11 is 0. The zero-order valence-corrected chi connectivity index (χ0v) is 16.5. The summed E-state index contributed by atoms with van der Waals surface area (Å²) in [5, 5.41) is 14.0. The molecular weight excluding hydrogens is 351 g/mol. The molecule has 6 nitrogen and oxygen atoms in total. The average molecular weight is 363 g/mol. The first-order chi connectivity index (χ1) is 12.7. The number of nitrogens with zero attached hydrogens (tertiary/aromatic N) is 3. The molecule has 0 saturated heterocycles. The second-order valence-corrected chi connectivity index (χ2v) is 5.63. The molecule has 0 fully saturated rings. The van der Waals surface area contributed by atoms with Gasteiger partial charge in [0, 0.05) is 57.8 Å². The largest absolute Gasteiger partial charge is 0.478 e. The molecule has 2 heterocycles. The predicted molar refractivity (Wildman–Crippen MR) is 105 cm³/mol. The molecule has 4 rings (SSSR count). The van der Waals surface area contributed by atoms with Crippen molar-refractivity contribution in [1.29, 1.82) is 0 Å². The molecule has 2 aromatic carbocycles.